The molecule has 1 N–H and O–H groups in total. The largest absolute Gasteiger partial charge is 0.301 e. The average Bonchev–Trinajstić information content (AvgIpc) is 3.14. The molecule has 1 unspecified atom stereocenters. The normalized spacial score (nSPS) is 24.3. The van der Waals surface area contributed by atoms with Crippen LogP contribution in [0.2, 0.25) is 0 Å². The molecular formula is C14H25N3. The quantitative estimate of drug-likeness (QED) is 0.743. The Morgan fingerprint density at radius 1 is 1.18 bits per heavy atom. The van der Waals surface area contributed by atoms with Gasteiger partial charge in [0.05, 0.1) is 6.07 Å². The van der Waals surface area contributed by atoms with E-state index in [1.54, 1.807) is 0 Å². The number of hydrogen-bond acceptors (Lipinski definition) is 3. The van der Waals surface area contributed by atoms with Crippen molar-refractivity contribution in [2.24, 2.45) is 0 Å². The molecule has 17 heavy (non-hydrogen) atoms. The first-order chi connectivity index (χ1) is 8.29. The van der Waals surface area contributed by atoms with Crippen molar-refractivity contribution in [3.8, 4) is 6.07 Å². The van der Waals surface area contributed by atoms with Crippen molar-refractivity contribution in [1.29, 1.82) is 5.26 Å². The highest BCUT2D eigenvalue weighted by molar-refractivity contribution is 4.97. The van der Waals surface area contributed by atoms with Gasteiger partial charge in [0.15, 0.2) is 0 Å². The van der Waals surface area contributed by atoms with Gasteiger partial charge in [-0.3, -0.25) is 5.32 Å². The molecule has 0 amide bonds. The number of nitrogens with zero attached hydrogens (tertiary/aromatic N) is 2. The van der Waals surface area contributed by atoms with Gasteiger partial charge in [0.25, 0.3) is 0 Å². The Bertz CT molecular complexity index is 259. The molecular weight excluding hydrogens is 210 g/mol. The third-order valence-corrected chi connectivity index (χ3v) is 4.09. The number of hydrogen-bond donors (Lipinski definition) is 1. The van der Waals surface area contributed by atoms with Gasteiger partial charge in [0, 0.05) is 18.6 Å². The Labute approximate surface area is 105 Å². The molecule has 2 rings (SSSR count). The predicted octanol–water partition coefficient (Wildman–Crippen LogP) is 2.29. The lowest BCUT2D eigenvalue weighted by Crippen LogP contribution is -2.43. The summed E-state index contributed by atoms with van der Waals surface area (Å²) in [5.41, 5.74) is 0. The first kappa shape index (κ1) is 12.9. The highest BCUT2D eigenvalue weighted by Crippen LogP contribution is 2.22. The summed E-state index contributed by atoms with van der Waals surface area (Å²) in [6.07, 6.45) is 10.7. The second-order valence-electron chi connectivity index (χ2n) is 5.71. The minimum atomic E-state index is 0.0238. The molecule has 1 atom stereocenters. The summed E-state index contributed by atoms with van der Waals surface area (Å²) < 4.78 is 0. The third kappa shape index (κ3) is 4.29. The maximum absolute atomic E-state index is 9.17. The Balaban J connectivity index is 1.76. The van der Waals surface area contributed by atoms with Crippen molar-refractivity contribution in [3.63, 3.8) is 0 Å². The molecule has 3 nitrogen and oxygen atoms in total. The van der Waals surface area contributed by atoms with Gasteiger partial charge in [-0.05, 0) is 32.7 Å². The summed E-state index contributed by atoms with van der Waals surface area (Å²) in [7, 11) is 2.19. The lowest BCUT2D eigenvalue weighted by atomic mass is 10.1. The molecule has 2 saturated carbocycles. The summed E-state index contributed by atoms with van der Waals surface area (Å²) in [5.74, 6) is 0. The molecule has 0 spiro atoms. The van der Waals surface area contributed by atoms with E-state index in [1.165, 1.54) is 51.4 Å². The standard InChI is InChI=1S/C14H25N3/c1-17(14-6-4-2-3-5-7-14)11-13(10-15)16-12-8-9-12/h12-14,16H,2-9,11H2,1H3. The second-order valence-corrected chi connectivity index (χ2v) is 5.71. The van der Waals surface area contributed by atoms with Crippen LogP contribution in [0.1, 0.15) is 51.4 Å². The van der Waals surface area contributed by atoms with Crippen LogP contribution in [0.15, 0.2) is 0 Å². The lowest BCUT2D eigenvalue weighted by molar-refractivity contribution is 0.209. The van der Waals surface area contributed by atoms with Crippen LogP contribution in [0.25, 0.3) is 0 Å². The minimum absolute atomic E-state index is 0.0238. The van der Waals surface area contributed by atoms with Gasteiger partial charge in [-0.1, -0.05) is 25.7 Å². The molecule has 2 fully saturated rings. The van der Waals surface area contributed by atoms with E-state index in [9.17, 15) is 0 Å². The fourth-order valence-electron chi connectivity index (χ4n) is 2.80. The maximum atomic E-state index is 9.17. The van der Waals surface area contributed by atoms with Crippen LogP contribution in [-0.2, 0) is 0 Å². The summed E-state index contributed by atoms with van der Waals surface area (Å²) in [5, 5.41) is 12.6. The Morgan fingerprint density at radius 3 is 2.35 bits per heavy atom. The van der Waals surface area contributed by atoms with E-state index in [1.807, 2.05) is 0 Å². The van der Waals surface area contributed by atoms with Gasteiger partial charge < -0.3 is 4.90 Å². The molecule has 0 aromatic rings. The summed E-state index contributed by atoms with van der Waals surface area (Å²) in [6, 6.07) is 3.76. The Kier molecular flexibility index (Phi) is 4.82. The van der Waals surface area contributed by atoms with E-state index in [2.05, 4.69) is 23.3 Å². The van der Waals surface area contributed by atoms with Crippen molar-refractivity contribution in [3.05, 3.63) is 0 Å². The Morgan fingerprint density at radius 2 is 1.82 bits per heavy atom. The zero-order valence-corrected chi connectivity index (χ0v) is 11.0. The van der Waals surface area contributed by atoms with Crippen LogP contribution >= 0.6 is 0 Å². The SMILES string of the molecule is CN(CC(C#N)NC1CC1)C1CCCCCC1. The topological polar surface area (TPSA) is 39.1 Å². The van der Waals surface area contributed by atoms with Crippen molar-refractivity contribution >= 4 is 0 Å². The van der Waals surface area contributed by atoms with Crippen LogP contribution in [-0.4, -0.2) is 36.6 Å². The number of rotatable bonds is 5. The van der Waals surface area contributed by atoms with E-state index in [4.69, 9.17) is 5.26 Å². The van der Waals surface area contributed by atoms with E-state index >= 15 is 0 Å². The first-order valence-corrected chi connectivity index (χ1v) is 7.15. The molecule has 0 heterocycles. The summed E-state index contributed by atoms with van der Waals surface area (Å²) >= 11 is 0. The highest BCUT2D eigenvalue weighted by Gasteiger charge is 2.26. The molecule has 0 aliphatic heterocycles. The van der Waals surface area contributed by atoms with E-state index in [0.717, 1.165) is 6.54 Å². The van der Waals surface area contributed by atoms with Gasteiger partial charge in [0.2, 0.25) is 0 Å². The molecule has 0 bridgehead atoms. The van der Waals surface area contributed by atoms with Gasteiger partial charge in [-0.25, -0.2) is 0 Å². The van der Waals surface area contributed by atoms with E-state index in [0.29, 0.717) is 12.1 Å². The highest BCUT2D eigenvalue weighted by atomic mass is 15.2. The third-order valence-electron chi connectivity index (χ3n) is 4.09. The maximum Gasteiger partial charge on any atom is 0.108 e. The second kappa shape index (κ2) is 6.37. The summed E-state index contributed by atoms with van der Waals surface area (Å²) in [6.45, 7) is 0.887. The van der Waals surface area contributed by atoms with E-state index in [-0.39, 0.29) is 6.04 Å². The van der Waals surface area contributed by atoms with Crippen molar-refractivity contribution in [2.45, 2.75) is 69.5 Å². The fourth-order valence-corrected chi connectivity index (χ4v) is 2.80. The smallest absolute Gasteiger partial charge is 0.108 e. The first-order valence-electron chi connectivity index (χ1n) is 7.15. The summed E-state index contributed by atoms with van der Waals surface area (Å²) in [4.78, 5) is 2.41. The van der Waals surface area contributed by atoms with Crippen LogP contribution in [0, 0.1) is 11.3 Å². The fraction of sp³-hybridized carbons (Fsp3) is 0.929. The zero-order chi connectivity index (χ0) is 12.1. The molecule has 2 aliphatic carbocycles. The van der Waals surface area contributed by atoms with Crippen molar-refractivity contribution in [1.82, 2.24) is 10.2 Å². The molecule has 0 saturated heterocycles. The predicted molar refractivity (Wildman–Crippen MR) is 69.7 cm³/mol. The minimum Gasteiger partial charge on any atom is -0.301 e. The van der Waals surface area contributed by atoms with Crippen molar-refractivity contribution in [2.75, 3.05) is 13.6 Å². The number of likely N-dealkylation sites (N-methyl/N-ethyl adjacent to an activating group) is 1. The van der Waals surface area contributed by atoms with E-state index < -0.39 is 0 Å². The molecule has 0 radical (unpaired) electrons. The average molecular weight is 235 g/mol. The number of nitriles is 1. The van der Waals surface area contributed by atoms with Gasteiger partial charge in [0.1, 0.15) is 6.04 Å². The molecule has 2 aliphatic rings. The Hall–Kier alpha value is -0.590. The van der Waals surface area contributed by atoms with Crippen LogP contribution in [0.3, 0.4) is 0 Å². The molecule has 96 valence electrons. The monoisotopic (exact) mass is 235 g/mol. The number of nitrogens with one attached hydrogen (secondary N) is 1. The van der Waals surface area contributed by atoms with Crippen molar-refractivity contribution < 1.29 is 0 Å². The van der Waals surface area contributed by atoms with Gasteiger partial charge in [-0.2, -0.15) is 5.26 Å². The zero-order valence-electron chi connectivity index (χ0n) is 11.0. The van der Waals surface area contributed by atoms with Crippen LogP contribution in [0.4, 0.5) is 0 Å². The van der Waals surface area contributed by atoms with Gasteiger partial charge >= 0.3 is 0 Å². The lowest BCUT2D eigenvalue weighted by Gasteiger charge is -2.29. The molecule has 3 heteroatoms. The van der Waals surface area contributed by atoms with Gasteiger partial charge in [-0.15, -0.1) is 0 Å². The van der Waals surface area contributed by atoms with Crippen LogP contribution < -0.4 is 5.32 Å². The van der Waals surface area contributed by atoms with Crippen LogP contribution in [0.5, 0.6) is 0 Å². The molecule has 0 aromatic heterocycles. The molecule has 0 aromatic carbocycles.